The van der Waals surface area contributed by atoms with Crippen LogP contribution in [-0.4, -0.2) is 27.0 Å². The Hall–Kier alpha value is -2.08. The molecule has 1 amide bonds. The lowest BCUT2D eigenvalue weighted by Crippen LogP contribution is -2.26. The van der Waals surface area contributed by atoms with E-state index in [4.69, 9.17) is 17.3 Å². The third kappa shape index (κ3) is 3.69. The number of hydrogen-bond donors (Lipinski definition) is 2. The van der Waals surface area contributed by atoms with Crippen molar-refractivity contribution in [2.45, 2.75) is 13.0 Å². The van der Waals surface area contributed by atoms with Crippen molar-refractivity contribution in [1.29, 1.82) is 0 Å². The quantitative estimate of drug-likeness (QED) is 0.809. The highest BCUT2D eigenvalue weighted by atomic mass is 35.5. The van der Waals surface area contributed by atoms with Crippen LogP contribution in [0.15, 0.2) is 30.9 Å². The number of carbonyl (C=O) groups excluding carboxylic acids is 1. The van der Waals surface area contributed by atoms with Crippen LogP contribution in [0.3, 0.4) is 0 Å². The first kappa shape index (κ1) is 13.4. The molecule has 0 bridgehead atoms. The largest absolute Gasteiger partial charge is 0.384 e. The van der Waals surface area contributed by atoms with E-state index in [0.717, 1.165) is 13.0 Å². The second kappa shape index (κ2) is 6.19. The molecule has 0 unspecified atom stereocenters. The van der Waals surface area contributed by atoms with Gasteiger partial charge in [-0.1, -0.05) is 11.6 Å². The summed E-state index contributed by atoms with van der Waals surface area (Å²) in [5.74, 6) is -0.0455. The summed E-state index contributed by atoms with van der Waals surface area (Å²) in [6, 6.07) is 3.11. The first-order valence-electron chi connectivity index (χ1n) is 5.83. The number of anilines is 1. The van der Waals surface area contributed by atoms with Crippen molar-refractivity contribution < 1.29 is 4.79 Å². The van der Waals surface area contributed by atoms with E-state index in [1.165, 1.54) is 0 Å². The molecule has 7 heteroatoms. The number of nitrogens with zero attached hydrogens (tertiary/aromatic N) is 3. The summed E-state index contributed by atoms with van der Waals surface area (Å²) in [6.45, 7) is 1.32. The molecule has 2 aromatic rings. The molecule has 100 valence electrons. The summed E-state index contributed by atoms with van der Waals surface area (Å²) in [6.07, 6.45) is 6.12. The van der Waals surface area contributed by atoms with Crippen molar-refractivity contribution in [3.63, 3.8) is 0 Å². The Balaban J connectivity index is 1.82. The molecule has 6 nitrogen and oxygen atoms in total. The van der Waals surface area contributed by atoms with E-state index in [0.29, 0.717) is 11.6 Å². The number of halogens is 1. The Morgan fingerprint density at radius 3 is 3.05 bits per heavy atom. The van der Waals surface area contributed by atoms with Crippen LogP contribution in [0.2, 0.25) is 5.02 Å². The zero-order valence-electron chi connectivity index (χ0n) is 10.2. The van der Waals surface area contributed by atoms with Gasteiger partial charge in [0.15, 0.2) is 0 Å². The minimum atomic E-state index is -0.317. The lowest BCUT2D eigenvalue weighted by molar-refractivity contribution is 0.0948. The maximum absolute atomic E-state index is 11.8. The molecule has 19 heavy (non-hydrogen) atoms. The van der Waals surface area contributed by atoms with Crippen LogP contribution in [0.4, 0.5) is 5.82 Å². The first-order chi connectivity index (χ1) is 9.16. The Kier molecular flexibility index (Phi) is 4.35. The Morgan fingerprint density at radius 1 is 1.47 bits per heavy atom. The van der Waals surface area contributed by atoms with Gasteiger partial charge in [0, 0.05) is 25.5 Å². The predicted octanol–water partition coefficient (Wildman–Crippen LogP) is 1.33. The van der Waals surface area contributed by atoms with Crippen LogP contribution in [-0.2, 0) is 6.54 Å². The molecule has 0 aliphatic rings. The highest BCUT2D eigenvalue weighted by Crippen LogP contribution is 2.14. The molecule has 2 rings (SSSR count). The number of carbonyl (C=O) groups is 1. The zero-order valence-corrected chi connectivity index (χ0v) is 11.0. The van der Waals surface area contributed by atoms with Crippen molar-refractivity contribution in [1.82, 2.24) is 19.9 Å². The summed E-state index contributed by atoms with van der Waals surface area (Å²) in [5, 5.41) is 3.05. The van der Waals surface area contributed by atoms with Crippen molar-refractivity contribution in [2.75, 3.05) is 12.3 Å². The Morgan fingerprint density at radius 2 is 2.32 bits per heavy atom. The number of nitrogen functional groups attached to an aromatic ring is 1. The van der Waals surface area contributed by atoms with Crippen molar-refractivity contribution >= 4 is 23.3 Å². The average Bonchev–Trinajstić information content (AvgIpc) is 2.90. The van der Waals surface area contributed by atoms with Crippen molar-refractivity contribution in [3.05, 3.63) is 41.6 Å². The Labute approximate surface area is 115 Å². The van der Waals surface area contributed by atoms with Crippen LogP contribution >= 0.6 is 11.6 Å². The van der Waals surface area contributed by atoms with E-state index in [-0.39, 0.29) is 17.4 Å². The van der Waals surface area contributed by atoms with Crippen LogP contribution < -0.4 is 11.1 Å². The summed E-state index contributed by atoms with van der Waals surface area (Å²) in [7, 11) is 0. The zero-order chi connectivity index (χ0) is 13.7. The van der Waals surface area contributed by atoms with Crippen LogP contribution in [0.5, 0.6) is 0 Å². The number of aromatic nitrogens is 3. The van der Waals surface area contributed by atoms with Crippen LogP contribution in [0, 0.1) is 0 Å². The summed E-state index contributed by atoms with van der Waals surface area (Å²) < 4.78 is 1.94. The second-order valence-corrected chi connectivity index (χ2v) is 4.38. The molecule has 0 spiro atoms. The van der Waals surface area contributed by atoms with Gasteiger partial charge in [0.1, 0.15) is 11.5 Å². The molecule has 0 saturated heterocycles. The van der Waals surface area contributed by atoms with Gasteiger partial charge in [0.25, 0.3) is 5.91 Å². The van der Waals surface area contributed by atoms with Gasteiger partial charge in [-0.05, 0) is 18.6 Å². The summed E-state index contributed by atoms with van der Waals surface area (Å²) >= 11 is 5.89. The molecule has 3 N–H and O–H groups in total. The standard InChI is InChI=1S/C12H14ClN5O/c13-9-2-3-10(14)17-11(9)12(19)16-4-1-6-18-7-5-15-8-18/h2-3,5,7-8H,1,4,6H2,(H2,14,17)(H,16,19). The lowest BCUT2D eigenvalue weighted by Gasteiger charge is -2.07. The van der Waals surface area contributed by atoms with E-state index < -0.39 is 0 Å². The van der Waals surface area contributed by atoms with E-state index in [9.17, 15) is 4.79 Å². The number of nitrogens with one attached hydrogen (secondary N) is 1. The first-order valence-corrected chi connectivity index (χ1v) is 6.20. The average molecular weight is 280 g/mol. The molecule has 0 aliphatic carbocycles. The summed E-state index contributed by atoms with van der Waals surface area (Å²) in [5.41, 5.74) is 5.68. The number of pyridine rings is 1. The fourth-order valence-corrected chi connectivity index (χ4v) is 1.77. The minimum absolute atomic E-state index is 0.157. The normalized spacial score (nSPS) is 10.4. The number of hydrogen-bond acceptors (Lipinski definition) is 4. The molecule has 0 radical (unpaired) electrons. The lowest BCUT2D eigenvalue weighted by atomic mass is 10.3. The van der Waals surface area contributed by atoms with Crippen LogP contribution in [0.1, 0.15) is 16.9 Å². The van der Waals surface area contributed by atoms with Crippen molar-refractivity contribution in [2.24, 2.45) is 0 Å². The number of nitrogens with two attached hydrogens (primary N) is 1. The predicted molar refractivity (Wildman–Crippen MR) is 72.8 cm³/mol. The number of rotatable bonds is 5. The number of aryl methyl sites for hydroxylation is 1. The van der Waals surface area contributed by atoms with Gasteiger partial charge in [0.2, 0.25) is 0 Å². The third-order valence-electron chi connectivity index (χ3n) is 2.52. The van der Waals surface area contributed by atoms with E-state index in [2.05, 4.69) is 15.3 Å². The summed E-state index contributed by atoms with van der Waals surface area (Å²) in [4.78, 5) is 19.7. The van der Waals surface area contributed by atoms with Gasteiger partial charge in [0.05, 0.1) is 11.3 Å². The van der Waals surface area contributed by atoms with Gasteiger partial charge in [-0.3, -0.25) is 4.79 Å². The molecule has 2 heterocycles. The van der Waals surface area contributed by atoms with Gasteiger partial charge in [-0.15, -0.1) is 0 Å². The topological polar surface area (TPSA) is 85.8 Å². The molecule has 0 atom stereocenters. The molecular weight excluding hydrogens is 266 g/mol. The maximum atomic E-state index is 11.8. The number of imidazole rings is 1. The third-order valence-corrected chi connectivity index (χ3v) is 2.83. The fourth-order valence-electron chi connectivity index (χ4n) is 1.58. The van der Waals surface area contributed by atoms with Crippen LogP contribution in [0.25, 0.3) is 0 Å². The van der Waals surface area contributed by atoms with Crippen molar-refractivity contribution in [3.8, 4) is 0 Å². The minimum Gasteiger partial charge on any atom is -0.384 e. The van der Waals surface area contributed by atoms with E-state index in [1.807, 2.05) is 10.8 Å². The van der Waals surface area contributed by atoms with Gasteiger partial charge < -0.3 is 15.6 Å². The van der Waals surface area contributed by atoms with Gasteiger partial charge in [-0.25, -0.2) is 9.97 Å². The smallest absolute Gasteiger partial charge is 0.271 e. The maximum Gasteiger partial charge on any atom is 0.271 e. The molecule has 0 aliphatic heterocycles. The highest BCUT2D eigenvalue weighted by Gasteiger charge is 2.11. The Bertz CT molecular complexity index is 555. The highest BCUT2D eigenvalue weighted by molar-refractivity contribution is 6.33. The molecule has 0 fully saturated rings. The van der Waals surface area contributed by atoms with E-state index in [1.54, 1.807) is 24.7 Å². The van der Waals surface area contributed by atoms with Gasteiger partial charge in [-0.2, -0.15) is 0 Å². The monoisotopic (exact) mass is 279 g/mol. The number of amides is 1. The fraction of sp³-hybridized carbons (Fsp3) is 0.250. The van der Waals surface area contributed by atoms with E-state index >= 15 is 0 Å². The van der Waals surface area contributed by atoms with Gasteiger partial charge >= 0.3 is 0 Å². The molecule has 2 aromatic heterocycles. The molecule has 0 saturated carbocycles. The molecular formula is C12H14ClN5O. The SMILES string of the molecule is Nc1ccc(Cl)c(C(=O)NCCCn2ccnc2)n1. The molecule has 0 aromatic carbocycles. The second-order valence-electron chi connectivity index (χ2n) is 3.98.